The van der Waals surface area contributed by atoms with Crippen molar-refractivity contribution in [2.24, 2.45) is 23.7 Å². The van der Waals surface area contributed by atoms with E-state index >= 15 is 0 Å². The van der Waals surface area contributed by atoms with Crippen molar-refractivity contribution in [3.63, 3.8) is 0 Å². The second-order valence-electron chi connectivity index (χ2n) is 18.7. The number of para-hydroxylation sites is 1. The van der Waals surface area contributed by atoms with E-state index in [2.05, 4.69) is 189 Å². The molecule has 1 aromatic heterocycles. The highest BCUT2D eigenvalue weighted by Crippen LogP contribution is 2.65. The van der Waals surface area contributed by atoms with E-state index in [9.17, 15) is 0 Å². The van der Waals surface area contributed by atoms with Crippen molar-refractivity contribution >= 4 is 62.5 Å². The Kier molecular flexibility index (Phi) is 8.69. The van der Waals surface area contributed by atoms with Crippen LogP contribution >= 0.6 is 23.5 Å². The molecule has 0 N–H and O–H groups in total. The molecule has 2 bridgehead atoms. The predicted molar refractivity (Wildman–Crippen MR) is 264 cm³/mol. The summed E-state index contributed by atoms with van der Waals surface area (Å²) in [6.07, 6.45) is 5.47. The first-order valence-electron chi connectivity index (χ1n) is 22.7. The number of nitrogens with zero attached hydrogens (tertiary/aromatic N) is 1. The van der Waals surface area contributed by atoms with Gasteiger partial charge in [0.05, 0.1) is 11.1 Å². The monoisotopic (exact) mass is 849 g/mol. The number of hydrogen-bond acceptors (Lipinski definition) is 4. The summed E-state index contributed by atoms with van der Waals surface area (Å²) in [5.74, 6) is 3.03. The van der Waals surface area contributed by atoms with Crippen LogP contribution in [0.4, 0.5) is 17.1 Å². The van der Waals surface area contributed by atoms with Crippen LogP contribution in [0.1, 0.15) is 50.7 Å². The van der Waals surface area contributed by atoms with Gasteiger partial charge in [-0.15, -0.1) is 0 Å². The molecule has 0 radical (unpaired) electrons. The Balaban J connectivity index is 0.882. The molecule has 1 spiro atoms. The molecule has 2 saturated carbocycles. The van der Waals surface area contributed by atoms with Gasteiger partial charge < -0.3 is 9.32 Å². The minimum absolute atomic E-state index is 0.119. The van der Waals surface area contributed by atoms with E-state index in [-0.39, 0.29) is 5.41 Å². The molecule has 2 fully saturated rings. The van der Waals surface area contributed by atoms with Crippen molar-refractivity contribution in [1.82, 2.24) is 0 Å². The van der Waals surface area contributed by atoms with E-state index in [1.54, 1.807) is 11.1 Å². The highest BCUT2D eigenvalue weighted by molar-refractivity contribution is 8.05. The molecule has 3 aliphatic carbocycles. The predicted octanol–water partition coefficient (Wildman–Crippen LogP) is 17.4. The van der Waals surface area contributed by atoms with E-state index < -0.39 is 0 Å². The molecule has 306 valence electrons. The molecule has 63 heavy (non-hydrogen) atoms. The Labute approximate surface area is 378 Å². The van der Waals surface area contributed by atoms with Crippen LogP contribution in [0.25, 0.3) is 55.3 Å². The number of fused-ring (bicyclic) bond motifs is 13. The lowest BCUT2D eigenvalue weighted by Crippen LogP contribution is -2.49. The lowest BCUT2D eigenvalue weighted by atomic mass is 9.49. The fourth-order valence-corrected chi connectivity index (χ4v) is 14.9. The lowest BCUT2D eigenvalue weighted by molar-refractivity contribution is 0.0426. The third-order valence-electron chi connectivity index (χ3n) is 15.0. The van der Waals surface area contributed by atoms with Gasteiger partial charge in [0.1, 0.15) is 11.2 Å². The molecule has 5 unspecified atom stereocenters. The third kappa shape index (κ3) is 5.87. The number of furan rings is 1. The zero-order chi connectivity index (χ0) is 41.8. The van der Waals surface area contributed by atoms with Gasteiger partial charge >= 0.3 is 0 Å². The molecular weight excluding hydrogens is 803 g/mol. The molecule has 2 nitrogen and oxygen atoms in total. The molecule has 9 aromatic rings. The summed E-state index contributed by atoms with van der Waals surface area (Å²) >= 11 is 3.78. The third-order valence-corrected chi connectivity index (χ3v) is 17.6. The topological polar surface area (TPSA) is 16.4 Å². The van der Waals surface area contributed by atoms with Crippen molar-refractivity contribution < 1.29 is 4.42 Å². The van der Waals surface area contributed by atoms with Crippen LogP contribution in [-0.2, 0) is 5.41 Å². The Hall–Kier alpha value is -5.94. The fourth-order valence-electron chi connectivity index (χ4n) is 12.6. The molecule has 1 aliphatic heterocycles. The lowest BCUT2D eigenvalue weighted by Gasteiger charge is -2.54. The van der Waals surface area contributed by atoms with Crippen LogP contribution in [0, 0.1) is 23.7 Å². The Morgan fingerprint density at radius 3 is 2.05 bits per heavy atom. The van der Waals surface area contributed by atoms with Gasteiger partial charge in [0.25, 0.3) is 0 Å². The van der Waals surface area contributed by atoms with Crippen LogP contribution in [0.2, 0.25) is 0 Å². The van der Waals surface area contributed by atoms with Gasteiger partial charge in [-0.3, -0.25) is 0 Å². The zero-order valence-corrected chi connectivity index (χ0v) is 37.2. The number of benzene rings is 8. The number of rotatable bonds is 5. The largest absolute Gasteiger partial charge is 0.456 e. The van der Waals surface area contributed by atoms with E-state index in [0.717, 1.165) is 50.8 Å². The molecule has 2 heterocycles. The minimum atomic E-state index is 0.119. The van der Waals surface area contributed by atoms with Crippen molar-refractivity contribution in [3.05, 3.63) is 187 Å². The first-order valence-corrected chi connectivity index (χ1v) is 24.4. The van der Waals surface area contributed by atoms with Crippen LogP contribution in [-0.4, -0.2) is 0 Å². The summed E-state index contributed by atoms with van der Waals surface area (Å²) in [6, 6.07) is 65.5. The van der Waals surface area contributed by atoms with Crippen molar-refractivity contribution in [2.45, 2.75) is 64.5 Å². The molecule has 13 rings (SSSR count). The number of hydrogen-bond donors (Lipinski definition) is 0. The quantitative estimate of drug-likeness (QED) is 0.171. The maximum Gasteiger partial charge on any atom is 0.137 e. The van der Waals surface area contributed by atoms with E-state index in [1.807, 2.05) is 29.6 Å². The van der Waals surface area contributed by atoms with Crippen LogP contribution in [0.15, 0.2) is 200 Å². The Bertz CT molecular complexity index is 3250. The summed E-state index contributed by atoms with van der Waals surface area (Å²) < 4.78 is 6.43. The van der Waals surface area contributed by atoms with Crippen molar-refractivity contribution in [1.29, 1.82) is 0 Å². The summed E-state index contributed by atoms with van der Waals surface area (Å²) in [4.78, 5) is 7.59. The second-order valence-corrected chi connectivity index (χ2v) is 20.8. The molecule has 5 atom stereocenters. The normalized spacial score (nSPS) is 21.8. The summed E-state index contributed by atoms with van der Waals surface area (Å²) in [6.45, 7) is 5.07. The van der Waals surface area contributed by atoms with Gasteiger partial charge in [0.15, 0.2) is 0 Å². The van der Waals surface area contributed by atoms with Gasteiger partial charge in [0, 0.05) is 41.8 Å². The van der Waals surface area contributed by atoms with E-state index in [0.29, 0.717) is 11.8 Å². The maximum atomic E-state index is 6.43. The molecule has 4 aliphatic rings. The van der Waals surface area contributed by atoms with Gasteiger partial charge in [-0.05, 0) is 161 Å². The van der Waals surface area contributed by atoms with Gasteiger partial charge in [-0.2, -0.15) is 0 Å². The summed E-state index contributed by atoms with van der Waals surface area (Å²) in [7, 11) is 0. The van der Waals surface area contributed by atoms with Crippen LogP contribution < -0.4 is 4.90 Å². The molecule has 8 aromatic carbocycles. The summed E-state index contributed by atoms with van der Waals surface area (Å²) in [5.41, 5.74) is 16.3. The molecule has 0 amide bonds. The van der Waals surface area contributed by atoms with Gasteiger partial charge in [-0.25, -0.2) is 0 Å². The average Bonchev–Trinajstić information content (AvgIpc) is 3.85. The van der Waals surface area contributed by atoms with Gasteiger partial charge in [-0.1, -0.05) is 147 Å². The SMILES string of the molecule is CC1CC2CC(C)C3(c4ccccc4-c4cc(-c5ccc6c(c5)Sc5cc(N(c7ccc(-c8ccccc8)cc7)c7cccc8oc9ccccc9c78)ccc5S6)ccc43)C(C1)C2. The van der Waals surface area contributed by atoms with Crippen LogP contribution in [0.5, 0.6) is 0 Å². The molecular formula is C59H47NOS2. The van der Waals surface area contributed by atoms with Gasteiger partial charge in [0.2, 0.25) is 0 Å². The smallest absolute Gasteiger partial charge is 0.137 e. The maximum absolute atomic E-state index is 6.43. The minimum Gasteiger partial charge on any atom is -0.456 e. The highest BCUT2D eigenvalue weighted by Gasteiger charge is 2.56. The standard InChI is InChI=1S/C59H47NOS2/c1-36-29-38-31-37(2)59(43(30-36)32-38)49-15-8-6-13-46(49)48-33-41(21-26-50(48)59)42-22-27-54-56(34-42)63-57-35-45(25-28-55(57)62-54)60(44-23-19-40(20-24-44)39-11-4-3-5-12-39)51-16-10-18-53-58(51)47-14-7-9-17-52(47)61-53/h3-28,33-38,43H,29-32H2,1-2H3. The first-order chi connectivity index (χ1) is 31.0. The van der Waals surface area contributed by atoms with E-state index in [1.165, 1.54) is 78.6 Å². The first kappa shape index (κ1) is 37.6. The Morgan fingerprint density at radius 1 is 0.492 bits per heavy atom. The van der Waals surface area contributed by atoms with Crippen molar-refractivity contribution in [2.75, 3.05) is 4.90 Å². The van der Waals surface area contributed by atoms with E-state index in [4.69, 9.17) is 4.42 Å². The Morgan fingerprint density at radius 2 is 1.16 bits per heavy atom. The van der Waals surface area contributed by atoms with Crippen LogP contribution in [0.3, 0.4) is 0 Å². The zero-order valence-electron chi connectivity index (χ0n) is 35.6. The van der Waals surface area contributed by atoms with Crippen molar-refractivity contribution in [3.8, 4) is 33.4 Å². The number of anilines is 3. The molecule has 0 saturated heterocycles. The average molecular weight is 850 g/mol. The second kappa shape index (κ2) is 14.6. The molecule has 4 heteroatoms. The highest BCUT2D eigenvalue weighted by atomic mass is 32.2. The summed E-state index contributed by atoms with van der Waals surface area (Å²) in [5, 5.41) is 2.24. The fraction of sp³-hybridized carbons (Fsp3) is 0.186.